The summed E-state index contributed by atoms with van der Waals surface area (Å²) < 4.78 is 2.88. The Labute approximate surface area is 135 Å². The van der Waals surface area contributed by atoms with E-state index in [0.29, 0.717) is 6.04 Å². The van der Waals surface area contributed by atoms with Crippen molar-refractivity contribution < 1.29 is 0 Å². The minimum Gasteiger partial charge on any atom is -0.309 e. The summed E-state index contributed by atoms with van der Waals surface area (Å²) in [5.41, 5.74) is 1.24. The molecule has 0 saturated heterocycles. The van der Waals surface area contributed by atoms with Crippen molar-refractivity contribution in [1.82, 2.24) is 20.3 Å². The lowest BCUT2D eigenvalue weighted by molar-refractivity contribution is -0.0534. The van der Waals surface area contributed by atoms with E-state index in [-0.39, 0.29) is 0 Å². The highest BCUT2D eigenvalue weighted by molar-refractivity contribution is 9.10. The number of halogens is 1. The molecule has 5 heteroatoms. The molecule has 116 valence electrons. The highest BCUT2D eigenvalue weighted by Crippen LogP contribution is 2.59. The van der Waals surface area contributed by atoms with E-state index < -0.39 is 0 Å². The molecule has 4 aliphatic rings. The van der Waals surface area contributed by atoms with Crippen LogP contribution in [0.2, 0.25) is 0 Å². The third-order valence-corrected chi connectivity index (χ3v) is 6.79. The monoisotopic (exact) mass is 352 g/mol. The van der Waals surface area contributed by atoms with Crippen LogP contribution >= 0.6 is 15.9 Å². The second-order valence-electron chi connectivity index (χ2n) is 7.43. The van der Waals surface area contributed by atoms with Gasteiger partial charge >= 0.3 is 0 Å². The molecule has 1 aromatic rings. The second-order valence-corrected chi connectivity index (χ2v) is 8.18. The minimum absolute atomic E-state index is 0.402. The van der Waals surface area contributed by atoms with E-state index in [2.05, 4.69) is 38.5 Å². The molecule has 4 aliphatic carbocycles. The normalized spacial score (nSPS) is 38.9. The highest BCUT2D eigenvalue weighted by Gasteiger charge is 2.51. The van der Waals surface area contributed by atoms with E-state index in [1.165, 1.54) is 37.8 Å². The number of nitrogens with one attached hydrogen (secondary N) is 1. The Balaban J connectivity index is 1.68. The Hall–Kier alpha value is -0.420. The maximum absolute atomic E-state index is 4.22. The van der Waals surface area contributed by atoms with Crippen molar-refractivity contribution in [3.05, 3.63) is 10.3 Å². The summed E-state index contributed by atoms with van der Waals surface area (Å²) in [6.07, 6.45) is 7.36. The topological polar surface area (TPSA) is 42.7 Å². The Morgan fingerprint density at radius 2 is 1.81 bits per heavy atom. The Morgan fingerprint density at radius 1 is 1.19 bits per heavy atom. The average molecular weight is 353 g/mol. The molecule has 1 atom stereocenters. The summed E-state index contributed by atoms with van der Waals surface area (Å²) in [5, 5.41) is 12.2. The van der Waals surface area contributed by atoms with E-state index in [1.807, 2.05) is 11.7 Å². The lowest BCUT2D eigenvalue weighted by Gasteiger charge is -2.56. The van der Waals surface area contributed by atoms with Gasteiger partial charge in [-0.1, -0.05) is 12.1 Å². The van der Waals surface area contributed by atoms with Crippen molar-refractivity contribution in [2.45, 2.75) is 45.1 Å². The number of hydrogen-bond donors (Lipinski definition) is 1. The highest BCUT2D eigenvalue weighted by atomic mass is 79.9. The van der Waals surface area contributed by atoms with Gasteiger partial charge in [0, 0.05) is 7.05 Å². The summed E-state index contributed by atoms with van der Waals surface area (Å²) in [6.45, 7) is 3.21. The van der Waals surface area contributed by atoms with Crippen molar-refractivity contribution in [3.63, 3.8) is 0 Å². The molecule has 4 saturated carbocycles. The Morgan fingerprint density at radius 3 is 2.29 bits per heavy atom. The van der Waals surface area contributed by atoms with Crippen molar-refractivity contribution in [2.24, 2.45) is 36.6 Å². The molecular formula is C16H25BrN4. The van der Waals surface area contributed by atoms with Crippen LogP contribution in [-0.4, -0.2) is 21.5 Å². The zero-order valence-electron chi connectivity index (χ0n) is 12.9. The summed E-state index contributed by atoms with van der Waals surface area (Å²) in [6, 6.07) is 0.402. The molecule has 0 amide bonds. The number of nitrogens with zero attached hydrogens (tertiary/aromatic N) is 3. The molecule has 4 nitrogen and oxygen atoms in total. The van der Waals surface area contributed by atoms with Crippen LogP contribution in [0.3, 0.4) is 0 Å². The van der Waals surface area contributed by atoms with Crippen LogP contribution in [0.5, 0.6) is 0 Å². The van der Waals surface area contributed by atoms with Gasteiger partial charge in [-0.05, 0) is 84.2 Å². The summed E-state index contributed by atoms with van der Waals surface area (Å²) in [4.78, 5) is 0. The zero-order chi connectivity index (χ0) is 14.6. The number of aromatic nitrogens is 3. The van der Waals surface area contributed by atoms with E-state index in [1.54, 1.807) is 0 Å². The molecule has 4 bridgehead atoms. The maximum atomic E-state index is 4.22. The van der Waals surface area contributed by atoms with Crippen molar-refractivity contribution in [2.75, 3.05) is 6.54 Å². The smallest absolute Gasteiger partial charge is 0.153 e. The van der Waals surface area contributed by atoms with Crippen LogP contribution in [0.1, 0.15) is 50.8 Å². The van der Waals surface area contributed by atoms with Crippen LogP contribution in [0.25, 0.3) is 0 Å². The van der Waals surface area contributed by atoms with Gasteiger partial charge in [-0.2, -0.15) is 0 Å². The molecule has 0 aliphatic heterocycles. The second kappa shape index (κ2) is 5.34. The van der Waals surface area contributed by atoms with Crippen molar-refractivity contribution in [1.29, 1.82) is 0 Å². The van der Waals surface area contributed by atoms with Gasteiger partial charge in [0.1, 0.15) is 0 Å². The first kappa shape index (κ1) is 14.2. The van der Waals surface area contributed by atoms with Gasteiger partial charge < -0.3 is 5.32 Å². The van der Waals surface area contributed by atoms with Crippen LogP contribution in [0, 0.1) is 29.6 Å². The number of aryl methyl sites for hydroxylation is 1. The Bertz CT molecular complexity index is 479. The average Bonchev–Trinajstić information content (AvgIpc) is 2.76. The predicted molar refractivity (Wildman–Crippen MR) is 85.7 cm³/mol. The number of hydrogen-bond acceptors (Lipinski definition) is 3. The molecule has 1 unspecified atom stereocenters. The van der Waals surface area contributed by atoms with E-state index >= 15 is 0 Å². The first-order valence-electron chi connectivity index (χ1n) is 8.45. The fourth-order valence-electron chi connectivity index (χ4n) is 5.82. The van der Waals surface area contributed by atoms with Gasteiger partial charge in [0.25, 0.3) is 0 Å². The summed E-state index contributed by atoms with van der Waals surface area (Å²) in [5.74, 6) is 4.64. The largest absolute Gasteiger partial charge is 0.309 e. The Kier molecular flexibility index (Phi) is 3.61. The van der Waals surface area contributed by atoms with Crippen LogP contribution < -0.4 is 5.32 Å². The SMILES string of the molecule is CCNC(c1c(Br)nnn1C)C1C2CC3CC(C2)CC1C3. The predicted octanol–water partition coefficient (Wildman–Crippen LogP) is 3.30. The molecule has 1 heterocycles. The molecule has 0 spiro atoms. The molecule has 4 fully saturated rings. The number of rotatable bonds is 4. The van der Waals surface area contributed by atoms with Crippen LogP contribution in [-0.2, 0) is 7.05 Å². The molecule has 5 rings (SSSR count). The van der Waals surface area contributed by atoms with Crippen LogP contribution in [0.4, 0.5) is 0 Å². The van der Waals surface area contributed by atoms with Gasteiger partial charge in [0.05, 0.1) is 11.7 Å². The van der Waals surface area contributed by atoms with E-state index in [4.69, 9.17) is 0 Å². The first-order valence-corrected chi connectivity index (χ1v) is 9.25. The van der Waals surface area contributed by atoms with Crippen molar-refractivity contribution >= 4 is 15.9 Å². The fraction of sp³-hybridized carbons (Fsp3) is 0.875. The molecule has 0 radical (unpaired) electrons. The quantitative estimate of drug-likeness (QED) is 0.903. The van der Waals surface area contributed by atoms with Gasteiger partial charge in [-0.3, -0.25) is 0 Å². The van der Waals surface area contributed by atoms with Crippen molar-refractivity contribution in [3.8, 4) is 0 Å². The third kappa shape index (κ3) is 2.27. The maximum Gasteiger partial charge on any atom is 0.153 e. The fourth-order valence-corrected chi connectivity index (χ4v) is 6.39. The van der Waals surface area contributed by atoms with Crippen LogP contribution in [0.15, 0.2) is 4.60 Å². The van der Waals surface area contributed by atoms with E-state index in [9.17, 15) is 0 Å². The summed E-state index contributed by atoms with van der Waals surface area (Å²) >= 11 is 3.62. The van der Waals surface area contributed by atoms with Gasteiger partial charge in [-0.25, -0.2) is 4.68 Å². The molecule has 1 N–H and O–H groups in total. The molecule has 21 heavy (non-hydrogen) atoms. The van der Waals surface area contributed by atoms with Gasteiger partial charge in [0.2, 0.25) is 0 Å². The minimum atomic E-state index is 0.402. The lowest BCUT2D eigenvalue weighted by atomic mass is 9.50. The first-order chi connectivity index (χ1) is 10.2. The standard InChI is InChI=1S/C16H25BrN4/c1-3-18-14(15-16(17)19-20-21(15)2)13-11-5-9-4-10(7-11)8-12(13)6-9/h9-14,18H,3-8H2,1-2H3. The van der Waals surface area contributed by atoms with Gasteiger partial charge in [-0.15, -0.1) is 5.10 Å². The summed E-state index contributed by atoms with van der Waals surface area (Å²) in [7, 11) is 2.02. The molecule has 1 aromatic heterocycles. The lowest BCUT2D eigenvalue weighted by Crippen LogP contribution is -2.50. The van der Waals surface area contributed by atoms with Gasteiger partial charge in [0.15, 0.2) is 4.60 Å². The third-order valence-electron chi connectivity index (χ3n) is 6.23. The molecular weight excluding hydrogens is 328 g/mol. The molecule has 0 aromatic carbocycles. The van der Waals surface area contributed by atoms with E-state index in [0.717, 1.165) is 40.7 Å². The zero-order valence-corrected chi connectivity index (χ0v) is 14.5.